The zero-order valence-electron chi connectivity index (χ0n) is 15.7. The van der Waals surface area contributed by atoms with Crippen molar-refractivity contribution in [1.82, 2.24) is 25.4 Å². The number of rotatable bonds is 6. The number of nitrogens with one attached hydrogen (secondary N) is 2. The van der Waals surface area contributed by atoms with Crippen LogP contribution in [0.2, 0.25) is 0 Å². The van der Waals surface area contributed by atoms with Gasteiger partial charge in [0.05, 0.1) is 0 Å². The largest absolute Gasteiger partial charge is 0.371 e. The molecule has 1 fully saturated rings. The maximum atomic E-state index is 4.62. The second-order valence-electron chi connectivity index (χ2n) is 6.45. The first kappa shape index (κ1) is 21.9. The molecule has 0 saturated carbocycles. The molecule has 2 N–H and O–H groups in total. The van der Waals surface area contributed by atoms with Gasteiger partial charge in [-0.3, -0.25) is 4.68 Å². The normalized spacial score (nSPS) is 16.9. The number of halogens is 2. The van der Waals surface area contributed by atoms with Gasteiger partial charge in [-0.15, -0.1) is 24.0 Å². The summed E-state index contributed by atoms with van der Waals surface area (Å²) in [6.07, 6.45) is 2.74. The highest BCUT2D eigenvalue weighted by Crippen LogP contribution is 2.24. The summed E-state index contributed by atoms with van der Waals surface area (Å²) >= 11 is 3.50. The van der Waals surface area contributed by atoms with Gasteiger partial charge in [-0.1, -0.05) is 15.9 Å². The van der Waals surface area contributed by atoms with E-state index in [2.05, 4.69) is 77.7 Å². The summed E-state index contributed by atoms with van der Waals surface area (Å²) in [5, 5.41) is 10.9. The number of benzene rings is 1. The molecule has 2 heterocycles. The predicted octanol–water partition coefficient (Wildman–Crippen LogP) is 2.78. The third-order valence-electron chi connectivity index (χ3n) is 4.56. The molecule has 0 aliphatic carbocycles. The van der Waals surface area contributed by atoms with E-state index in [1.165, 1.54) is 12.1 Å². The zero-order chi connectivity index (χ0) is 18.4. The molecule has 1 unspecified atom stereocenters. The van der Waals surface area contributed by atoms with Gasteiger partial charge in [-0.2, -0.15) is 5.10 Å². The van der Waals surface area contributed by atoms with Crippen LogP contribution in [0.5, 0.6) is 0 Å². The number of hydrogen-bond donors (Lipinski definition) is 2. The molecular formula is C18H27BrIN7. The van der Waals surface area contributed by atoms with E-state index in [1.807, 2.05) is 7.05 Å². The summed E-state index contributed by atoms with van der Waals surface area (Å²) in [7, 11) is 1.88. The lowest BCUT2D eigenvalue weighted by Gasteiger charge is -2.19. The van der Waals surface area contributed by atoms with Gasteiger partial charge < -0.3 is 15.5 Å². The molecule has 3 rings (SSSR count). The number of guanidine groups is 1. The molecule has 0 bridgehead atoms. The molecule has 148 valence electrons. The maximum absolute atomic E-state index is 4.62. The number of nitrogens with zero attached hydrogens (tertiary/aromatic N) is 5. The smallest absolute Gasteiger partial charge is 0.191 e. The molecule has 1 aromatic heterocycles. The molecule has 1 aliphatic heterocycles. The Bertz CT molecular complexity index is 732. The van der Waals surface area contributed by atoms with Gasteiger partial charge in [0.15, 0.2) is 5.96 Å². The van der Waals surface area contributed by atoms with E-state index in [9.17, 15) is 0 Å². The van der Waals surface area contributed by atoms with E-state index in [0.717, 1.165) is 42.4 Å². The average Bonchev–Trinajstić information content (AvgIpc) is 3.27. The second-order valence-corrected chi connectivity index (χ2v) is 7.37. The Morgan fingerprint density at radius 3 is 2.74 bits per heavy atom. The monoisotopic (exact) mass is 547 g/mol. The SMILES string of the molecule is CCNC(=NCc1ncnn1C)NCC1CCN(c2ccc(Br)cc2)C1.I. The highest BCUT2D eigenvalue weighted by atomic mass is 127. The van der Waals surface area contributed by atoms with Crippen molar-refractivity contribution in [3.8, 4) is 0 Å². The van der Waals surface area contributed by atoms with Gasteiger partial charge in [0, 0.05) is 43.4 Å². The Morgan fingerprint density at radius 1 is 1.30 bits per heavy atom. The van der Waals surface area contributed by atoms with Crippen molar-refractivity contribution < 1.29 is 0 Å². The van der Waals surface area contributed by atoms with Crippen LogP contribution in [-0.4, -0.2) is 46.9 Å². The summed E-state index contributed by atoms with van der Waals surface area (Å²) in [5.41, 5.74) is 1.29. The highest BCUT2D eigenvalue weighted by Gasteiger charge is 2.22. The van der Waals surface area contributed by atoms with Gasteiger partial charge in [0.1, 0.15) is 18.7 Å². The van der Waals surface area contributed by atoms with Crippen LogP contribution in [0, 0.1) is 5.92 Å². The van der Waals surface area contributed by atoms with Gasteiger partial charge in [-0.25, -0.2) is 9.98 Å². The summed E-state index contributed by atoms with van der Waals surface area (Å²) in [5.74, 6) is 2.29. The number of hydrogen-bond acceptors (Lipinski definition) is 4. The number of aromatic nitrogens is 3. The van der Waals surface area contributed by atoms with E-state index >= 15 is 0 Å². The molecule has 0 amide bonds. The van der Waals surface area contributed by atoms with Crippen molar-refractivity contribution in [2.75, 3.05) is 31.1 Å². The minimum Gasteiger partial charge on any atom is -0.371 e. The first-order valence-electron chi connectivity index (χ1n) is 9.01. The first-order chi connectivity index (χ1) is 12.7. The highest BCUT2D eigenvalue weighted by molar-refractivity contribution is 14.0. The molecule has 1 aliphatic rings. The third-order valence-corrected chi connectivity index (χ3v) is 5.09. The first-order valence-corrected chi connectivity index (χ1v) is 9.80. The lowest BCUT2D eigenvalue weighted by atomic mass is 10.1. The van der Waals surface area contributed by atoms with Crippen molar-refractivity contribution in [2.45, 2.75) is 19.9 Å². The van der Waals surface area contributed by atoms with Gasteiger partial charge >= 0.3 is 0 Å². The number of anilines is 1. The van der Waals surface area contributed by atoms with E-state index in [1.54, 1.807) is 11.0 Å². The molecule has 27 heavy (non-hydrogen) atoms. The van der Waals surface area contributed by atoms with Crippen LogP contribution in [-0.2, 0) is 13.6 Å². The minimum absolute atomic E-state index is 0. The molecule has 1 saturated heterocycles. The van der Waals surface area contributed by atoms with Crippen LogP contribution in [0.15, 0.2) is 40.1 Å². The standard InChI is InChI=1S/C18H26BrN7.HI/c1-3-20-18(22-11-17-23-13-24-25(17)2)21-10-14-8-9-26(12-14)16-6-4-15(19)5-7-16;/h4-7,13-14H,3,8-12H2,1-2H3,(H2,20,21,22);1H. The fourth-order valence-corrected chi connectivity index (χ4v) is 3.35. The topological polar surface area (TPSA) is 70.4 Å². The number of aliphatic imine (C=N–C) groups is 1. The Balaban J connectivity index is 0.00000261. The number of aryl methyl sites for hydroxylation is 1. The summed E-state index contributed by atoms with van der Waals surface area (Å²) in [6.45, 7) is 6.50. The Morgan fingerprint density at radius 2 is 2.07 bits per heavy atom. The predicted molar refractivity (Wildman–Crippen MR) is 124 cm³/mol. The quantitative estimate of drug-likeness (QED) is 0.330. The molecule has 0 spiro atoms. The second kappa shape index (κ2) is 10.8. The lowest BCUT2D eigenvalue weighted by molar-refractivity contribution is 0.565. The molecule has 0 radical (unpaired) electrons. The molecule has 2 aromatic rings. The minimum atomic E-state index is 0. The Labute approximate surface area is 186 Å². The van der Waals surface area contributed by atoms with Crippen molar-refractivity contribution in [3.63, 3.8) is 0 Å². The fraction of sp³-hybridized carbons (Fsp3) is 0.500. The maximum Gasteiger partial charge on any atom is 0.191 e. The van der Waals surface area contributed by atoms with Crippen LogP contribution in [0.3, 0.4) is 0 Å². The van der Waals surface area contributed by atoms with Crippen molar-refractivity contribution in [3.05, 3.63) is 40.9 Å². The van der Waals surface area contributed by atoms with E-state index in [4.69, 9.17) is 0 Å². The molecule has 7 nitrogen and oxygen atoms in total. The van der Waals surface area contributed by atoms with Crippen LogP contribution in [0.25, 0.3) is 0 Å². The van der Waals surface area contributed by atoms with Crippen LogP contribution < -0.4 is 15.5 Å². The summed E-state index contributed by atoms with van der Waals surface area (Å²) < 4.78 is 2.87. The Kier molecular flexibility index (Phi) is 8.81. The average molecular weight is 548 g/mol. The van der Waals surface area contributed by atoms with Gasteiger partial charge in [0.25, 0.3) is 0 Å². The summed E-state index contributed by atoms with van der Waals surface area (Å²) in [6, 6.07) is 8.55. The van der Waals surface area contributed by atoms with Crippen LogP contribution >= 0.6 is 39.9 Å². The van der Waals surface area contributed by atoms with Crippen molar-refractivity contribution in [2.24, 2.45) is 18.0 Å². The molecule has 9 heteroatoms. The van der Waals surface area contributed by atoms with Crippen LogP contribution in [0.4, 0.5) is 5.69 Å². The van der Waals surface area contributed by atoms with E-state index in [0.29, 0.717) is 12.5 Å². The molecular weight excluding hydrogens is 521 g/mol. The Hall–Kier alpha value is -1.36. The summed E-state index contributed by atoms with van der Waals surface area (Å²) in [4.78, 5) is 11.3. The lowest BCUT2D eigenvalue weighted by Crippen LogP contribution is -2.40. The van der Waals surface area contributed by atoms with Crippen LogP contribution in [0.1, 0.15) is 19.2 Å². The van der Waals surface area contributed by atoms with Gasteiger partial charge in [0.2, 0.25) is 0 Å². The van der Waals surface area contributed by atoms with Crippen molar-refractivity contribution >= 4 is 51.6 Å². The molecule has 1 atom stereocenters. The third kappa shape index (κ3) is 6.34. The van der Waals surface area contributed by atoms with Crippen molar-refractivity contribution in [1.29, 1.82) is 0 Å². The van der Waals surface area contributed by atoms with E-state index in [-0.39, 0.29) is 24.0 Å². The molecule has 1 aromatic carbocycles. The fourth-order valence-electron chi connectivity index (χ4n) is 3.08. The van der Waals surface area contributed by atoms with Gasteiger partial charge in [-0.05, 0) is 43.5 Å². The zero-order valence-corrected chi connectivity index (χ0v) is 19.6. The van der Waals surface area contributed by atoms with E-state index < -0.39 is 0 Å².